The number of carboxylic acid groups (broad SMARTS) is 1. The lowest BCUT2D eigenvalue weighted by Crippen LogP contribution is -2.62. The minimum Gasteiger partial charge on any atom is -0.480 e. The number of aliphatic imine (C=N–C) groups is 3. The number of carboxylic acids is 1. The molecule has 0 radical (unpaired) electrons. The van der Waals surface area contributed by atoms with E-state index in [9.17, 15) is 43.5 Å². The molecule has 0 saturated carbocycles. The number of aliphatic carboxylic acids is 1. The van der Waals surface area contributed by atoms with Gasteiger partial charge in [-0.15, -0.1) is 0 Å². The van der Waals surface area contributed by atoms with Crippen LogP contribution in [0.5, 0.6) is 0 Å². The highest BCUT2D eigenvalue weighted by atomic mass is 79.9. The van der Waals surface area contributed by atoms with Gasteiger partial charge in [-0.3, -0.25) is 48.5 Å². The number of fused-ring (bicyclic) bond motifs is 1. The summed E-state index contributed by atoms with van der Waals surface area (Å²) < 4.78 is 0. The molecule has 2 aromatic carbocycles. The van der Waals surface area contributed by atoms with Crippen LogP contribution in [0.25, 0.3) is 0 Å². The Morgan fingerprint density at radius 2 is 1.17 bits per heavy atom. The number of thiol groups is 2. The molecule has 75 heavy (non-hydrogen) atoms. The van der Waals surface area contributed by atoms with Crippen LogP contribution in [0.2, 0.25) is 0 Å². The summed E-state index contributed by atoms with van der Waals surface area (Å²) >= 11 is 11.8. The van der Waals surface area contributed by atoms with Crippen molar-refractivity contribution in [2.45, 2.75) is 112 Å². The number of hydrogen-bond acceptors (Lipinski definition) is 14. The molecule has 2 aromatic rings. The topological polar surface area (TPSA) is 451 Å². The number of carbonyl (C=O) groups excluding carboxylic acids is 7. The van der Waals surface area contributed by atoms with E-state index in [1.54, 1.807) is 54.6 Å². The van der Waals surface area contributed by atoms with Crippen molar-refractivity contribution in [2.24, 2.45) is 55.1 Å². The third kappa shape index (κ3) is 21.5. The second kappa shape index (κ2) is 31.8. The zero-order valence-electron chi connectivity index (χ0n) is 41.4. The number of guanidine groups is 3. The average Bonchev–Trinajstić information content (AvgIpc) is 3.37. The van der Waals surface area contributed by atoms with Gasteiger partial charge in [-0.2, -0.15) is 25.3 Å². The van der Waals surface area contributed by atoms with Crippen molar-refractivity contribution in [1.29, 1.82) is 0 Å². The predicted octanol–water partition coefficient (Wildman–Crippen LogP) is -4.08. The summed E-state index contributed by atoms with van der Waals surface area (Å²) in [5.41, 5.74) is 41.0. The van der Waals surface area contributed by atoms with Crippen molar-refractivity contribution in [3.05, 3.63) is 71.3 Å². The second-order valence-corrected chi connectivity index (χ2v) is 19.5. The van der Waals surface area contributed by atoms with E-state index in [4.69, 9.17) is 40.1 Å². The van der Waals surface area contributed by atoms with Crippen LogP contribution in [-0.4, -0.2) is 160 Å². The molecule has 412 valence electrons. The van der Waals surface area contributed by atoms with Gasteiger partial charge in [0, 0.05) is 48.8 Å². The highest BCUT2D eigenvalue weighted by molar-refractivity contribution is 9.09. The molecule has 7 amide bonds. The van der Waals surface area contributed by atoms with Crippen LogP contribution in [0.4, 0.5) is 0 Å². The lowest BCUT2D eigenvalue weighted by Gasteiger charge is -2.39. The number of carbonyl (C=O) groups is 8. The van der Waals surface area contributed by atoms with Crippen molar-refractivity contribution in [3.63, 3.8) is 0 Å². The number of hydrogen-bond donors (Lipinski definition) is 16. The van der Waals surface area contributed by atoms with Gasteiger partial charge in [0.2, 0.25) is 41.4 Å². The molecule has 1 unspecified atom stereocenters. The zero-order chi connectivity index (χ0) is 55.8. The molecule has 3 rings (SSSR count). The second-order valence-electron chi connectivity index (χ2n) is 17.5. The van der Waals surface area contributed by atoms with Gasteiger partial charge < -0.3 is 82.0 Å². The van der Waals surface area contributed by atoms with Crippen molar-refractivity contribution in [1.82, 2.24) is 36.8 Å². The van der Waals surface area contributed by atoms with Crippen LogP contribution in [0, 0.1) is 0 Å². The van der Waals surface area contributed by atoms with Crippen LogP contribution < -0.4 is 72.0 Å². The van der Waals surface area contributed by atoms with Crippen LogP contribution in [0.3, 0.4) is 0 Å². The third-order valence-electron chi connectivity index (χ3n) is 11.6. The molecule has 0 aliphatic carbocycles. The van der Waals surface area contributed by atoms with Crippen LogP contribution in [0.1, 0.15) is 55.7 Å². The summed E-state index contributed by atoms with van der Waals surface area (Å²) in [5.74, 6) is -7.75. The maximum atomic E-state index is 15.0. The molecule has 0 saturated heterocycles. The number of amides is 7. The van der Waals surface area contributed by atoms with E-state index in [1.807, 2.05) is 0 Å². The highest BCUT2D eigenvalue weighted by Gasteiger charge is 2.40. The number of nitrogens with one attached hydrogen (secondary N) is 6. The SMILES string of the molecule is C[C@@H](NC(=O)[C@H](CS)NC(=O)[C@@H](N)CCCN=C(N)N)C(=O)N[C@@H](CCCN=C(N)N)C(=O)N[C@H](Cc1ccccc1)C(=O)N[C@@H](CC(Br)CN=C(N)N)C(=O)N1Cc2ccccc2C[C@H]1C(=O)N[C@@H](CS)C(=O)O. The van der Waals surface area contributed by atoms with Gasteiger partial charge in [0.1, 0.15) is 42.3 Å². The Kier molecular flexibility index (Phi) is 26.5. The van der Waals surface area contributed by atoms with Crippen LogP contribution in [0.15, 0.2) is 69.6 Å². The van der Waals surface area contributed by atoms with Gasteiger partial charge in [0.25, 0.3) is 0 Å². The molecule has 29 heteroatoms. The molecular weight excluding hydrogens is 1080 g/mol. The number of halogens is 1. The first-order valence-corrected chi connectivity index (χ1v) is 26.0. The van der Waals surface area contributed by atoms with Gasteiger partial charge in [-0.25, -0.2) is 4.79 Å². The number of benzene rings is 2. The van der Waals surface area contributed by atoms with Crippen molar-refractivity contribution < 1.29 is 43.5 Å². The van der Waals surface area contributed by atoms with Gasteiger partial charge in [0.15, 0.2) is 17.9 Å². The van der Waals surface area contributed by atoms with Gasteiger partial charge in [0.05, 0.1) is 12.6 Å². The largest absolute Gasteiger partial charge is 0.480 e. The Balaban J connectivity index is 1.96. The van der Waals surface area contributed by atoms with Crippen LogP contribution >= 0.6 is 41.2 Å². The summed E-state index contributed by atoms with van der Waals surface area (Å²) in [5, 5.41) is 25.4. The minimum atomic E-state index is -1.42. The summed E-state index contributed by atoms with van der Waals surface area (Å²) in [7, 11) is 0. The fourth-order valence-electron chi connectivity index (χ4n) is 7.57. The Hall–Kier alpha value is -6.85. The average molecular weight is 1150 g/mol. The first-order valence-electron chi connectivity index (χ1n) is 23.8. The van der Waals surface area contributed by atoms with Crippen molar-refractivity contribution >= 4 is 106 Å². The van der Waals surface area contributed by atoms with Crippen molar-refractivity contribution in [3.8, 4) is 0 Å². The van der Waals surface area contributed by atoms with Gasteiger partial charge >= 0.3 is 5.97 Å². The lowest BCUT2D eigenvalue weighted by molar-refractivity contribution is -0.147. The molecule has 26 nitrogen and oxygen atoms in total. The van der Waals surface area contributed by atoms with Gasteiger partial charge in [-0.05, 0) is 55.7 Å². The Morgan fingerprint density at radius 1 is 0.653 bits per heavy atom. The van der Waals surface area contributed by atoms with E-state index in [1.165, 1.54) is 11.8 Å². The molecular formula is C46H70BrN17O9S2. The summed E-state index contributed by atoms with van der Waals surface area (Å²) in [6.07, 6.45) is 0.404. The van der Waals surface area contributed by atoms with Crippen molar-refractivity contribution in [2.75, 3.05) is 31.1 Å². The summed E-state index contributed by atoms with van der Waals surface area (Å²) in [6, 6.07) is 5.40. The fourth-order valence-corrected chi connectivity index (χ4v) is 8.60. The van der Waals surface area contributed by atoms with E-state index in [2.05, 4.69) is 88.1 Å². The fraction of sp³-hybridized carbons (Fsp3) is 0.500. The number of alkyl halides is 1. The minimum absolute atomic E-state index is 0.00897. The number of rotatable bonds is 30. The Bertz CT molecular complexity index is 2380. The maximum Gasteiger partial charge on any atom is 0.327 e. The molecule has 21 N–H and O–H groups in total. The van der Waals surface area contributed by atoms with E-state index in [0.29, 0.717) is 17.5 Å². The summed E-state index contributed by atoms with van der Waals surface area (Å²) in [4.78, 5) is 122. The van der Waals surface area contributed by atoms with E-state index in [-0.39, 0.29) is 94.1 Å². The van der Waals surface area contributed by atoms with Crippen LogP contribution in [-0.2, 0) is 57.7 Å². The molecule has 0 aromatic heterocycles. The third-order valence-corrected chi connectivity index (χ3v) is 13.0. The maximum absolute atomic E-state index is 15.0. The molecule has 0 bridgehead atoms. The molecule has 1 aliphatic rings. The first-order chi connectivity index (χ1) is 35.5. The molecule has 1 aliphatic heterocycles. The Labute approximate surface area is 453 Å². The standard InChI is InChI=1S/C46H70BrN17O9S2/c1-24(58-40(69)33(22-74)62-37(66)29(48)13-7-15-55-44(49)50)36(65)59-30(14-8-16-56-45(51)52)38(67)60-31(17-25-9-3-2-4-10-25)39(68)61-32(19-28(47)20-57-46(53)54)42(71)64-21-27-12-6-5-11-26(27)18-35(64)41(70)63-34(23-75)43(72)73/h2-6,9-12,24,28-35,74-75H,7-8,13-23,48H2,1H3,(H,58,69)(H,59,65)(H,60,67)(H,61,68)(H,62,66)(H,63,70)(H,72,73)(H4,49,50,55)(H4,51,52,56)(H4,53,54,57)/t24-,28?,29+,30+,31-,32+,33+,34+,35+/m1/s1. The van der Waals surface area contributed by atoms with E-state index < -0.39 is 100 Å². The van der Waals surface area contributed by atoms with E-state index in [0.717, 1.165) is 5.56 Å². The number of nitrogens with zero attached hydrogens (tertiary/aromatic N) is 4. The Morgan fingerprint density at radius 3 is 1.76 bits per heavy atom. The smallest absolute Gasteiger partial charge is 0.327 e. The summed E-state index contributed by atoms with van der Waals surface area (Å²) in [6.45, 7) is 1.50. The molecule has 0 spiro atoms. The zero-order valence-corrected chi connectivity index (χ0v) is 44.8. The lowest BCUT2D eigenvalue weighted by atomic mass is 9.92. The molecule has 1 heterocycles. The quantitative estimate of drug-likeness (QED) is 0.0116. The molecule has 9 atom stereocenters. The van der Waals surface area contributed by atoms with E-state index >= 15 is 0 Å². The van der Waals surface area contributed by atoms with Gasteiger partial charge in [-0.1, -0.05) is 70.5 Å². The molecule has 0 fully saturated rings. The highest BCUT2D eigenvalue weighted by Crippen LogP contribution is 2.26. The number of nitrogens with two attached hydrogens (primary N) is 7. The monoisotopic (exact) mass is 1150 g/mol. The predicted molar refractivity (Wildman–Crippen MR) is 293 cm³/mol. The first kappa shape index (κ1) is 62.4. The normalized spacial score (nSPS) is 16.0.